The fourth-order valence-electron chi connectivity index (χ4n) is 1.10. The fraction of sp³-hybridized carbons (Fsp3) is 0.444. The molecule has 0 bridgehead atoms. The standard InChI is InChI=1S/C9H15N3/c1-4-9-5-8(2)12(6-9)11-7-10-3/h5-7H,4H2,1-3H3,(H,10,11). The number of nitrogens with one attached hydrogen (secondary N) is 1. The van der Waals surface area contributed by atoms with Gasteiger partial charge in [0.1, 0.15) is 6.34 Å². The van der Waals surface area contributed by atoms with Gasteiger partial charge in [-0.2, -0.15) is 0 Å². The molecule has 0 aromatic carbocycles. The van der Waals surface area contributed by atoms with E-state index in [2.05, 4.69) is 36.5 Å². The molecule has 0 fully saturated rings. The smallest absolute Gasteiger partial charge is 0.101 e. The second-order valence-electron chi connectivity index (χ2n) is 2.73. The molecule has 0 aliphatic rings. The number of aryl methyl sites for hydroxylation is 2. The lowest BCUT2D eigenvalue weighted by Gasteiger charge is -2.02. The van der Waals surface area contributed by atoms with Gasteiger partial charge >= 0.3 is 0 Å². The van der Waals surface area contributed by atoms with E-state index in [1.54, 1.807) is 13.4 Å². The van der Waals surface area contributed by atoms with E-state index in [1.165, 1.54) is 11.3 Å². The molecular formula is C9H15N3. The number of rotatable bonds is 3. The van der Waals surface area contributed by atoms with Gasteiger partial charge in [-0.3, -0.25) is 15.1 Å². The Bertz CT molecular complexity index is 273. The van der Waals surface area contributed by atoms with E-state index in [4.69, 9.17) is 0 Å². The Hall–Kier alpha value is -1.25. The summed E-state index contributed by atoms with van der Waals surface area (Å²) in [6.45, 7) is 4.21. The van der Waals surface area contributed by atoms with Gasteiger partial charge in [-0.05, 0) is 25.0 Å². The monoisotopic (exact) mass is 165 g/mol. The molecule has 0 radical (unpaired) electrons. The van der Waals surface area contributed by atoms with Gasteiger partial charge in [0.15, 0.2) is 0 Å². The molecule has 0 saturated heterocycles. The minimum absolute atomic E-state index is 1.07. The molecule has 3 nitrogen and oxygen atoms in total. The van der Waals surface area contributed by atoms with E-state index >= 15 is 0 Å². The Kier molecular flexibility index (Phi) is 2.91. The van der Waals surface area contributed by atoms with Crippen molar-refractivity contribution in [1.29, 1.82) is 0 Å². The molecule has 0 aliphatic carbocycles. The predicted octanol–water partition coefficient (Wildman–Crippen LogP) is 1.56. The number of nitrogens with zero attached hydrogens (tertiary/aromatic N) is 2. The largest absolute Gasteiger partial charge is 0.284 e. The van der Waals surface area contributed by atoms with Gasteiger partial charge in [0.2, 0.25) is 0 Å². The number of hydrogen-bond donors (Lipinski definition) is 1. The Morgan fingerprint density at radius 2 is 2.42 bits per heavy atom. The van der Waals surface area contributed by atoms with Gasteiger partial charge in [0, 0.05) is 18.9 Å². The van der Waals surface area contributed by atoms with Crippen molar-refractivity contribution < 1.29 is 0 Å². The average Bonchev–Trinajstić information content (AvgIpc) is 2.43. The highest BCUT2D eigenvalue weighted by atomic mass is 15.4. The lowest BCUT2D eigenvalue weighted by molar-refractivity contribution is 0.937. The van der Waals surface area contributed by atoms with E-state index in [9.17, 15) is 0 Å². The molecular weight excluding hydrogens is 150 g/mol. The molecule has 0 atom stereocenters. The van der Waals surface area contributed by atoms with Gasteiger partial charge in [0.25, 0.3) is 0 Å². The summed E-state index contributed by atoms with van der Waals surface area (Å²) < 4.78 is 1.96. The summed E-state index contributed by atoms with van der Waals surface area (Å²) in [7, 11) is 1.74. The van der Waals surface area contributed by atoms with Crippen LogP contribution >= 0.6 is 0 Å². The van der Waals surface area contributed by atoms with Crippen LogP contribution < -0.4 is 5.43 Å². The third-order valence-corrected chi connectivity index (χ3v) is 1.80. The minimum atomic E-state index is 1.07. The molecule has 1 aromatic rings. The number of aliphatic imine (C=N–C) groups is 1. The van der Waals surface area contributed by atoms with E-state index in [0.29, 0.717) is 0 Å². The Morgan fingerprint density at radius 3 is 2.92 bits per heavy atom. The second kappa shape index (κ2) is 3.95. The topological polar surface area (TPSA) is 29.3 Å². The van der Waals surface area contributed by atoms with Crippen LogP contribution in [0.25, 0.3) is 0 Å². The summed E-state index contributed by atoms with van der Waals surface area (Å²) in [5, 5.41) is 0. The normalized spacial score (nSPS) is 10.9. The molecule has 1 aromatic heterocycles. The summed E-state index contributed by atoms with van der Waals surface area (Å²) >= 11 is 0. The highest BCUT2D eigenvalue weighted by molar-refractivity contribution is 5.63. The molecule has 3 heteroatoms. The maximum atomic E-state index is 3.85. The fourth-order valence-corrected chi connectivity index (χ4v) is 1.10. The molecule has 0 spiro atoms. The molecule has 1 heterocycles. The number of hydrogen-bond acceptors (Lipinski definition) is 1. The Labute approximate surface area is 73.1 Å². The predicted molar refractivity (Wildman–Crippen MR) is 52.3 cm³/mol. The third kappa shape index (κ3) is 1.87. The highest BCUT2D eigenvalue weighted by Gasteiger charge is 1.97. The van der Waals surface area contributed by atoms with Crippen molar-refractivity contribution >= 4 is 6.34 Å². The van der Waals surface area contributed by atoms with Gasteiger partial charge in [-0.25, -0.2) is 0 Å². The van der Waals surface area contributed by atoms with Crippen molar-refractivity contribution in [2.45, 2.75) is 20.3 Å². The summed E-state index contributed by atoms with van der Waals surface area (Å²) in [4.78, 5) is 3.85. The Morgan fingerprint density at radius 1 is 1.67 bits per heavy atom. The summed E-state index contributed by atoms with van der Waals surface area (Å²) in [5.41, 5.74) is 5.58. The first-order valence-corrected chi connectivity index (χ1v) is 4.13. The molecule has 1 rings (SSSR count). The lowest BCUT2D eigenvalue weighted by Crippen LogP contribution is -2.12. The number of aromatic nitrogens is 1. The maximum Gasteiger partial charge on any atom is 0.101 e. The minimum Gasteiger partial charge on any atom is -0.284 e. The van der Waals surface area contributed by atoms with Crippen LogP contribution in [0.2, 0.25) is 0 Å². The van der Waals surface area contributed by atoms with Crippen molar-refractivity contribution in [2.24, 2.45) is 4.99 Å². The van der Waals surface area contributed by atoms with Crippen LogP contribution in [0.3, 0.4) is 0 Å². The van der Waals surface area contributed by atoms with Crippen molar-refractivity contribution in [3.8, 4) is 0 Å². The van der Waals surface area contributed by atoms with Crippen LogP contribution in [0.5, 0.6) is 0 Å². The summed E-state index contributed by atoms with van der Waals surface area (Å²) in [5.74, 6) is 0. The zero-order valence-corrected chi connectivity index (χ0v) is 7.83. The van der Waals surface area contributed by atoms with Gasteiger partial charge in [-0.1, -0.05) is 6.92 Å². The summed E-state index contributed by atoms with van der Waals surface area (Å²) in [6.07, 6.45) is 4.82. The summed E-state index contributed by atoms with van der Waals surface area (Å²) in [6, 6.07) is 2.16. The lowest BCUT2D eigenvalue weighted by atomic mass is 10.2. The Balaban J connectivity index is 2.77. The van der Waals surface area contributed by atoms with E-state index in [0.717, 1.165) is 6.42 Å². The van der Waals surface area contributed by atoms with Gasteiger partial charge < -0.3 is 0 Å². The van der Waals surface area contributed by atoms with Crippen LogP contribution in [0, 0.1) is 6.92 Å². The quantitative estimate of drug-likeness (QED) is 0.534. The molecule has 0 unspecified atom stereocenters. The van der Waals surface area contributed by atoms with Gasteiger partial charge in [0.05, 0.1) is 0 Å². The maximum absolute atomic E-state index is 3.85. The first-order chi connectivity index (χ1) is 5.77. The van der Waals surface area contributed by atoms with Crippen LogP contribution in [0.4, 0.5) is 0 Å². The zero-order chi connectivity index (χ0) is 8.97. The van der Waals surface area contributed by atoms with Crippen molar-refractivity contribution in [3.63, 3.8) is 0 Å². The zero-order valence-electron chi connectivity index (χ0n) is 7.83. The average molecular weight is 165 g/mol. The SMILES string of the molecule is CCc1cc(C)n(NC=NC)c1. The molecule has 0 saturated carbocycles. The molecule has 1 N–H and O–H groups in total. The van der Waals surface area contributed by atoms with Crippen molar-refractivity contribution in [2.75, 3.05) is 12.5 Å². The highest BCUT2D eigenvalue weighted by Crippen LogP contribution is 2.05. The van der Waals surface area contributed by atoms with Crippen LogP contribution in [-0.2, 0) is 6.42 Å². The van der Waals surface area contributed by atoms with Crippen molar-refractivity contribution in [1.82, 2.24) is 4.68 Å². The third-order valence-electron chi connectivity index (χ3n) is 1.80. The van der Waals surface area contributed by atoms with Crippen LogP contribution in [0.1, 0.15) is 18.2 Å². The van der Waals surface area contributed by atoms with Gasteiger partial charge in [-0.15, -0.1) is 0 Å². The van der Waals surface area contributed by atoms with E-state index < -0.39 is 0 Å². The van der Waals surface area contributed by atoms with E-state index in [-0.39, 0.29) is 0 Å². The second-order valence-corrected chi connectivity index (χ2v) is 2.73. The van der Waals surface area contributed by atoms with Crippen LogP contribution in [0.15, 0.2) is 17.3 Å². The molecule has 0 aliphatic heterocycles. The van der Waals surface area contributed by atoms with E-state index in [1.807, 2.05) is 4.68 Å². The van der Waals surface area contributed by atoms with Crippen molar-refractivity contribution in [3.05, 3.63) is 23.5 Å². The molecule has 12 heavy (non-hydrogen) atoms. The molecule has 66 valence electrons. The first-order valence-electron chi connectivity index (χ1n) is 4.13. The first kappa shape index (κ1) is 8.84. The van der Waals surface area contributed by atoms with Crippen LogP contribution in [-0.4, -0.2) is 18.1 Å². The molecule has 0 amide bonds.